The van der Waals surface area contributed by atoms with Crippen LogP contribution >= 0.6 is 0 Å². The van der Waals surface area contributed by atoms with Crippen molar-refractivity contribution in [2.75, 3.05) is 0 Å². The second kappa shape index (κ2) is 16.9. The summed E-state index contributed by atoms with van der Waals surface area (Å²) in [4.78, 5) is 4.92. The van der Waals surface area contributed by atoms with Crippen molar-refractivity contribution in [2.24, 2.45) is 5.41 Å². The Labute approximate surface area is 336 Å². The van der Waals surface area contributed by atoms with E-state index < -0.39 is 0 Å². The second-order valence-corrected chi connectivity index (χ2v) is 15.9. The van der Waals surface area contributed by atoms with Crippen LogP contribution in [0.2, 0.25) is 0 Å². The molecule has 0 fully saturated rings. The van der Waals surface area contributed by atoms with Gasteiger partial charge in [-0.25, -0.2) is 4.98 Å². The van der Waals surface area contributed by atoms with Crippen molar-refractivity contribution < 1.29 is 25.8 Å². The van der Waals surface area contributed by atoms with Gasteiger partial charge in [0.1, 0.15) is 5.82 Å². The van der Waals surface area contributed by atoms with Gasteiger partial charge in [-0.05, 0) is 96.8 Å². The van der Waals surface area contributed by atoms with E-state index in [1.807, 2.05) is 41.2 Å². The minimum atomic E-state index is 0. The summed E-state index contributed by atoms with van der Waals surface area (Å²) in [6, 6.07) is 39.1. The van der Waals surface area contributed by atoms with E-state index >= 15 is 0 Å². The van der Waals surface area contributed by atoms with Crippen LogP contribution in [0.1, 0.15) is 102 Å². The average Bonchev–Trinajstić information content (AvgIpc) is 3.63. The number of fused-ring (bicyclic) bond motifs is 3. The molecule has 0 N–H and O–H groups in total. The molecule has 0 aliphatic heterocycles. The topological polar surface area (TPSA) is 44.9 Å². The number of hydrogen-bond acceptors (Lipinski definition) is 3. The van der Waals surface area contributed by atoms with Crippen molar-refractivity contribution >= 4 is 21.8 Å². The van der Waals surface area contributed by atoms with E-state index in [2.05, 4.69) is 126 Å². The minimum absolute atomic E-state index is 0. The van der Waals surface area contributed by atoms with Crippen LogP contribution in [0.5, 0.6) is 11.5 Å². The first-order valence-corrected chi connectivity index (χ1v) is 19.4. The number of ether oxygens (including phenoxy) is 1. The summed E-state index contributed by atoms with van der Waals surface area (Å²) < 4.78 is 10.7. The fraction of sp³-hybridized carbons (Fsp3) is 0.333. The summed E-state index contributed by atoms with van der Waals surface area (Å²) >= 11 is 0. The van der Waals surface area contributed by atoms with E-state index in [-0.39, 0.29) is 21.1 Å². The summed E-state index contributed by atoms with van der Waals surface area (Å²) in [5.41, 5.74) is 10.3. The van der Waals surface area contributed by atoms with Crippen molar-refractivity contribution in [3.8, 4) is 34.1 Å². The predicted octanol–water partition coefficient (Wildman–Crippen LogP) is 13.1. The molecule has 0 bridgehead atoms. The summed E-state index contributed by atoms with van der Waals surface area (Å²) in [6.07, 6.45) is 10.2. The Bertz CT molecular complexity index is 2350. The fourth-order valence-electron chi connectivity index (χ4n) is 7.61. The number of hydrogen-bond donors (Lipinski definition) is 0. The first-order valence-electron chi connectivity index (χ1n) is 19.4. The Morgan fingerprint density at radius 1 is 0.815 bits per heavy atom. The van der Waals surface area contributed by atoms with E-state index in [0.717, 1.165) is 56.9 Å². The quantitative estimate of drug-likeness (QED) is 0.0856. The van der Waals surface area contributed by atoms with Gasteiger partial charge < -0.3 is 9.30 Å². The Hall–Kier alpha value is -4.47. The zero-order valence-corrected chi connectivity index (χ0v) is 35.1. The van der Waals surface area contributed by atoms with E-state index in [9.17, 15) is 0 Å². The Kier molecular flexibility index (Phi) is 12.3. The molecule has 0 spiro atoms. The van der Waals surface area contributed by atoms with E-state index in [1.54, 1.807) is 0 Å². The van der Waals surface area contributed by atoms with Crippen LogP contribution < -0.4 is 4.74 Å². The van der Waals surface area contributed by atoms with E-state index in [4.69, 9.17) is 14.8 Å². The number of aromatic nitrogens is 4. The van der Waals surface area contributed by atoms with E-state index in [0.29, 0.717) is 22.8 Å². The van der Waals surface area contributed by atoms with Crippen LogP contribution in [0.15, 0.2) is 97.2 Å². The van der Waals surface area contributed by atoms with Gasteiger partial charge in [0.15, 0.2) is 0 Å². The van der Waals surface area contributed by atoms with Crippen LogP contribution in [0.4, 0.5) is 0 Å². The molecule has 0 saturated heterocycles. The molecular formula is C48H52N4OPt. The minimum Gasteiger partial charge on any atom is -0.509 e. The zero-order chi connectivity index (χ0) is 37.1. The predicted molar refractivity (Wildman–Crippen MR) is 220 cm³/mol. The Balaban J connectivity index is 0.00000497. The molecule has 6 heteroatoms. The molecule has 7 aromatic rings. The van der Waals surface area contributed by atoms with Gasteiger partial charge in [0.05, 0.1) is 5.69 Å². The monoisotopic (exact) mass is 895 g/mol. The van der Waals surface area contributed by atoms with Gasteiger partial charge in [-0.15, -0.1) is 35.7 Å². The van der Waals surface area contributed by atoms with Crippen molar-refractivity contribution in [3.63, 3.8) is 0 Å². The van der Waals surface area contributed by atoms with Gasteiger partial charge in [-0.2, -0.15) is 17.2 Å². The molecule has 54 heavy (non-hydrogen) atoms. The molecule has 0 radical (unpaired) electrons. The van der Waals surface area contributed by atoms with Gasteiger partial charge in [0.25, 0.3) is 0 Å². The molecule has 7 rings (SSSR count). The number of aryl methyl sites for hydroxylation is 2. The average molecular weight is 896 g/mol. The zero-order valence-electron chi connectivity index (χ0n) is 32.8. The van der Waals surface area contributed by atoms with Crippen LogP contribution in [-0.2, 0) is 27.5 Å². The van der Waals surface area contributed by atoms with Crippen molar-refractivity contribution in [3.05, 3.63) is 132 Å². The summed E-state index contributed by atoms with van der Waals surface area (Å²) in [6.45, 7) is 15.8. The summed E-state index contributed by atoms with van der Waals surface area (Å²) in [5.74, 6) is 2.62. The van der Waals surface area contributed by atoms with E-state index in [1.165, 1.54) is 55.0 Å². The summed E-state index contributed by atoms with van der Waals surface area (Å²) in [7, 11) is 0. The van der Waals surface area contributed by atoms with Crippen molar-refractivity contribution in [2.45, 2.75) is 99.3 Å². The number of unbranched alkanes of at least 4 members (excludes halogenated alkanes) is 2. The van der Waals surface area contributed by atoms with Crippen molar-refractivity contribution in [1.29, 1.82) is 0 Å². The number of rotatable bonds is 13. The molecule has 0 aliphatic rings. The molecule has 5 nitrogen and oxygen atoms in total. The molecule has 4 aromatic carbocycles. The molecule has 1 unspecified atom stereocenters. The molecule has 0 amide bonds. The van der Waals surface area contributed by atoms with Gasteiger partial charge in [0.2, 0.25) is 0 Å². The van der Waals surface area contributed by atoms with Gasteiger partial charge in [-0.3, -0.25) is 4.68 Å². The molecule has 0 saturated carbocycles. The normalized spacial score (nSPS) is 12.3. The molecule has 3 heterocycles. The smallest absolute Gasteiger partial charge is 0.509 e. The van der Waals surface area contributed by atoms with Crippen LogP contribution in [0.25, 0.3) is 44.4 Å². The Morgan fingerprint density at radius 2 is 1.61 bits per heavy atom. The SMILES string of the molecule is CCCCCc1ccnc(-n2c3[c-]c(Oc4[c-]c(-n5nc(C)c(-c6ccccc6)c5C)ccc4)ccc3c3cc(C(C)CCCC(C)(C)C)ccc32)c1.[Pt+2]. The van der Waals surface area contributed by atoms with Crippen LogP contribution in [-0.4, -0.2) is 19.3 Å². The van der Waals surface area contributed by atoms with Crippen molar-refractivity contribution in [1.82, 2.24) is 19.3 Å². The third-order valence-electron chi connectivity index (χ3n) is 10.5. The van der Waals surface area contributed by atoms with Gasteiger partial charge in [-0.1, -0.05) is 102 Å². The van der Waals surface area contributed by atoms with Crippen LogP contribution in [0, 0.1) is 31.4 Å². The molecule has 3 aromatic heterocycles. The largest absolute Gasteiger partial charge is 2.00 e. The third-order valence-corrected chi connectivity index (χ3v) is 10.5. The first-order chi connectivity index (χ1) is 25.6. The first kappa shape index (κ1) is 39.2. The maximum Gasteiger partial charge on any atom is 2.00 e. The molecule has 1 atom stereocenters. The second-order valence-electron chi connectivity index (χ2n) is 15.9. The fourth-order valence-corrected chi connectivity index (χ4v) is 7.61. The van der Waals surface area contributed by atoms with Crippen LogP contribution in [0.3, 0.4) is 0 Å². The standard InChI is InChI=1S/C48H52N4O.Pt/c1-8-9-11-17-36-26-28-49-46(29-36)51-44-25-22-38(33(2)16-15-27-48(5,6)7)30-43(44)42-24-23-41(32-45(42)51)53-40-21-14-20-39(31-40)52-35(4)47(34(3)50-52)37-18-12-10-13-19-37;/h10,12-14,18-26,28-30,33H,8-9,11,15-17,27H2,1-7H3;/q-2;+2. The molecular weight excluding hydrogens is 844 g/mol. The number of nitrogens with zero attached hydrogens (tertiary/aromatic N) is 4. The third kappa shape index (κ3) is 8.58. The Morgan fingerprint density at radius 3 is 2.39 bits per heavy atom. The van der Waals surface area contributed by atoms with Gasteiger partial charge in [0, 0.05) is 34.5 Å². The number of benzene rings is 4. The number of pyridine rings is 1. The maximum atomic E-state index is 6.53. The van der Waals surface area contributed by atoms with Gasteiger partial charge >= 0.3 is 21.1 Å². The summed E-state index contributed by atoms with van der Waals surface area (Å²) in [5, 5.41) is 7.26. The maximum absolute atomic E-state index is 6.53. The molecule has 0 aliphatic carbocycles. The molecule has 280 valence electrons.